The van der Waals surface area contributed by atoms with E-state index in [4.69, 9.17) is 0 Å². The molecular weight excluding hydrogens is 216 g/mol. The summed E-state index contributed by atoms with van der Waals surface area (Å²) >= 11 is 1.83. The van der Waals surface area contributed by atoms with Gasteiger partial charge in [-0.1, -0.05) is 6.07 Å². The smallest absolute Gasteiger partial charge is 0.0223 e. The molecule has 0 aliphatic heterocycles. The minimum atomic E-state index is 0.527. The van der Waals surface area contributed by atoms with Crippen molar-refractivity contribution in [2.24, 2.45) is 7.05 Å². The monoisotopic (exact) mass is 234 g/mol. The van der Waals surface area contributed by atoms with E-state index in [1.54, 1.807) is 0 Å². The van der Waals surface area contributed by atoms with Crippen LogP contribution in [0.25, 0.3) is 0 Å². The topological polar surface area (TPSA) is 17.0 Å². The maximum absolute atomic E-state index is 3.54. The van der Waals surface area contributed by atoms with Crippen LogP contribution in [0.3, 0.4) is 0 Å². The SMILES string of the molecule is CC(Cc1cccs1)NCc1ccn(C)c1. The van der Waals surface area contributed by atoms with E-state index in [2.05, 4.69) is 59.8 Å². The van der Waals surface area contributed by atoms with Crippen molar-refractivity contribution in [1.82, 2.24) is 9.88 Å². The third kappa shape index (κ3) is 3.22. The normalized spacial score (nSPS) is 12.9. The third-order valence-electron chi connectivity index (χ3n) is 2.64. The van der Waals surface area contributed by atoms with Gasteiger partial charge in [0.25, 0.3) is 0 Å². The summed E-state index contributed by atoms with van der Waals surface area (Å²) in [7, 11) is 2.05. The summed E-state index contributed by atoms with van der Waals surface area (Å²) in [5.74, 6) is 0. The van der Waals surface area contributed by atoms with Crippen LogP contribution in [0.4, 0.5) is 0 Å². The zero-order valence-corrected chi connectivity index (χ0v) is 10.6. The van der Waals surface area contributed by atoms with Gasteiger partial charge in [0.05, 0.1) is 0 Å². The number of thiophene rings is 1. The van der Waals surface area contributed by atoms with Gasteiger partial charge in [-0.05, 0) is 36.4 Å². The summed E-state index contributed by atoms with van der Waals surface area (Å²) in [4.78, 5) is 1.45. The number of aromatic nitrogens is 1. The summed E-state index contributed by atoms with van der Waals surface area (Å²) in [6.45, 7) is 3.19. The van der Waals surface area contributed by atoms with Crippen LogP contribution in [-0.2, 0) is 20.0 Å². The van der Waals surface area contributed by atoms with Crippen molar-refractivity contribution in [3.63, 3.8) is 0 Å². The Balaban J connectivity index is 1.77. The van der Waals surface area contributed by atoms with Crippen LogP contribution >= 0.6 is 11.3 Å². The minimum absolute atomic E-state index is 0.527. The Kier molecular flexibility index (Phi) is 3.80. The van der Waals surface area contributed by atoms with E-state index in [1.165, 1.54) is 10.4 Å². The maximum Gasteiger partial charge on any atom is 0.0223 e. The summed E-state index contributed by atoms with van der Waals surface area (Å²) in [6.07, 6.45) is 5.36. The van der Waals surface area contributed by atoms with Gasteiger partial charge in [0, 0.05) is 36.9 Å². The Morgan fingerprint density at radius 2 is 2.31 bits per heavy atom. The summed E-state index contributed by atoms with van der Waals surface area (Å²) < 4.78 is 2.08. The summed E-state index contributed by atoms with van der Waals surface area (Å²) in [5.41, 5.74) is 1.35. The fourth-order valence-corrected chi connectivity index (χ4v) is 2.60. The molecule has 0 radical (unpaired) electrons. The highest BCUT2D eigenvalue weighted by Gasteiger charge is 2.04. The Morgan fingerprint density at radius 3 is 2.94 bits per heavy atom. The van der Waals surface area contributed by atoms with Crippen LogP contribution in [0.2, 0.25) is 0 Å². The summed E-state index contributed by atoms with van der Waals surface area (Å²) in [5, 5.41) is 5.68. The minimum Gasteiger partial charge on any atom is -0.357 e. The molecule has 0 aromatic carbocycles. The number of nitrogens with zero attached hydrogens (tertiary/aromatic N) is 1. The molecule has 0 amide bonds. The average Bonchev–Trinajstić information content (AvgIpc) is 2.87. The lowest BCUT2D eigenvalue weighted by Crippen LogP contribution is -2.27. The van der Waals surface area contributed by atoms with E-state index in [1.807, 2.05) is 11.3 Å². The molecule has 86 valence electrons. The molecule has 0 aliphatic rings. The van der Waals surface area contributed by atoms with Crippen molar-refractivity contribution in [2.75, 3.05) is 0 Å². The van der Waals surface area contributed by atoms with Crippen molar-refractivity contribution in [3.05, 3.63) is 46.4 Å². The highest BCUT2D eigenvalue weighted by Crippen LogP contribution is 2.11. The van der Waals surface area contributed by atoms with Crippen LogP contribution < -0.4 is 5.32 Å². The van der Waals surface area contributed by atoms with E-state index < -0.39 is 0 Å². The molecule has 2 heterocycles. The standard InChI is InChI=1S/C13H18N2S/c1-11(8-13-4-3-7-16-13)14-9-12-5-6-15(2)10-12/h3-7,10-11,14H,8-9H2,1-2H3. The van der Waals surface area contributed by atoms with Gasteiger partial charge >= 0.3 is 0 Å². The fourth-order valence-electron chi connectivity index (χ4n) is 1.76. The zero-order valence-electron chi connectivity index (χ0n) is 9.81. The Bertz CT molecular complexity index is 417. The molecule has 2 nitrogen and oxygen atoms in total. The average molecular weight is 234 g/mol. The van der Waals surface area contributed by atoms with Crippen molar-refractivity contribution in [3.8, 4) is 0 Å². The van der Waals surface area contributed by atoms with Crippen molar-refractivity contribution in [1.29, 1.82) is 0 Å². The molecular formula is C13H18N2S. The first-order chi connectivity index (χ1) is 7.74. The van der Waals surface area contributed by atoms with E-state index >= 15 is 0 Å². The molecule has 2 aromatic rings. The van der Waals surface area contributed by atoms with Crippen molar-refractivity contribution >= 4 is 11.3 Å². The van der Waals surface area contributed by atoms with Gasteiger partial charge in [0.1, 0.15) is 0 Å². The molecule has 3 heteroatoms. The van der Waals surface area contributed by atoms with E-state index in [0.29, 0.717) is 6.04 Å². The number of aryl methyl sites for hydroxylation is 1. The lowest BCUT2D eigenvalue weighted by molar-refractivity contribution is 0.548. The Hall–Kier alpha value is -1.06. The largest absolute Gasteiger partial charge is 0.357 e. The van der Waals surface area contributed by atoms with Crippen LogP contribution in [-0.4, -0.2) is 10.6 Å². The highest BCUT2D eigenvalue weighted by atomic mass is 32.1. The second kappa shape index (κ2) is 5.32. The van der Waals surface area contributed by atoms with Crippen molar-refractivity contribution in [2.45, 2.75) is 25.9 Å². The third-order valence-corrected chi connectivity index (χ3v) is 3.53. The fraction of sp³-hybridized carbons (Fsp3) is 0.385. The molecule has 0 aliphatic carbocycles. The van der Waals surface area contributed by atoms with Gasteiger partial charge in [-0.2, -0.15) is 0 Å². The van der Waals surface area contributed by atoms with Crippen LogP contribution in [0.15, 0.2) is 36.0 Å². The Labute approximate surface area is 101 Å². The number of hydrogen-bond donors (Lipinski definition) is 1. The maximum atomic E-state index is 3.54. The molecule has 16 heavy (non-hydrogen) atoms. The highest BCUT2D eigenvalue weighted by molar-refractivity contribution is 7.09. The van der Waals surface area contributed by atoms with Gasteiger partial charge in [-0.15, -0.1) is 11.3 Å². The van der Waals surface area contributed by atoms with E-state index in [9.17, 15) is 0 Å². The molecule has 2 aromatic heterocycles. The molecule has 2 rings (SSSR count). The molecule has 1 unspecified atom stereocenters. The number of hydrogen-bond acceptors (Lipinski definition) is 2. The molecule has 0 saturated heterocycles. The van der Waals surface area contributed by atoms with Crippen LogP contribution in [0.1, 0.15) is 17.4 Å². The van der Waals surface area contributed by atoms with Crippen molar-refractivity contribution < 1.29 is 0 Å². The first kappa shape index (κ1) is 11.4. The molecule has 0 spiro atoms. The molecule has 0 saturated carbocycles. The zero-order chi connectivity index (χ0) is 11.4. The quantitative estimate of drug-likeness (QED) is 0.842. The second-order valence-electron chi connectivity index (χ2n) is 4.25. The first-order valence-corrected chi connectivity index (χ1v) is 6.48. The van der Waals surface area contributed by atoms with Crippen LogP contribution in [0, 0.1) is 0 Å². The molecule has 0 bridgehead atoms. The molecule has 1 atom stereocenters. The predicted molar refractivity (Wildman–Crippen MR) is 69.7 cm³/mol. The first-order valence-electron chi connectivity index (χ1n) is 5.60. The summed E-state index contributed by atoms with van der Waals surface area (Å²) in [6, 6.07) is 7.00. The molecule has 0 fully saturated rings. The van der Waals surface area contributed by atoms with Gasteiger partial charge < -0.3 is 9.88 Å². The Morgan fingerprint density at radius 1 is 1.44 bits per heavy atom. The van der Waals surface area contributed by atoms with E-state index in [-0.39, 0.29) is 0 Å². The lowest BCUT2D eigenvalue weighted by Gasteiger charge is -2.11. The van der Waals surface area contributed by atoms with Gasteiger partial charge in [-0.3, -0.25) is 0 Å². The second-order valence-corrected chi connectivity index (χ2v) is 5.28. The predicted octanol–water partition coefficient (Wildman–Crippen LogP) is 2.81. The molecule has 1 N–H and O–H groups in total. The van der Waals surface area contributed by atoms with Crippen LogP contribution in [0.5, 0.6) is 0 Å². The van der Waals surface area contributed by atoms with Gasteiger partial charge in [-0.25, -0.2) is 0 Å². The number of nitrogens with one attached hydrogen (secondary N) is 1. The lowest BCUT2D eigenvalue weighted by atomic mass is 10.2. The van der Waals surface area contributed by atoms with Gasteiger partial charge in [0.15, 0.2) is 0 Å². The van der Waals surface area contributed by atoms with Gasteiger partial charge in [0.2, 0.25) is 0 Å². The number of rotatable bonds is 5. The van der Waals surface area contributed by atoms with E-state index in [0.717, 1.165) is 13.0 Å².